The summed E-state index contributed by atoms with van der Waals surface area (Å²) >= 11 is 3.26. The standard InChI is InChI=1S/C12H14BrFN2O2/c13-9-1-2-10(14)8(3-9)4-16-11(17)12(5-15)6-18-7-12/h1-3H,4-7,15H2,(H,16,17). The minimum absolute atomic E-state index is 0.145. The number of benzene rings is 1. The minimum Gasteiger partial charge on any atom is -0.379 e. The van der Waals surface area contributed by atoms with Gasteiger partial charge in [0.2, 0.25) is 5.91 Å². The highest BCUT2D eigenvalue weighted by Gasteiger charge is 2.44. The molecule has 98 valence electrons. The van der Waals surface area contributed by atoms with E-state index < -0.39 is 5.41 Å². The van der Waals surface area contributed by atoms with Gasteiger partial charge in [0.15, 0.2) is 0 Å². The Bertz CT molecular complexity index is 458. The second kappa shape index (κ2) is 5.34. The van der Waals surface area contributed by atoms with Crippen LogP contribution in [0.4, 0.5) is 4.39 Å². The van der Waals surface area contributed by atoms with Gasteiger partial charge in [0, 0.05) is 23.1 Å². The molecule has 0 aliphatic carbocycles. The van der Waals surface area contributed by atoms with Crippen LogP contribution in [0.2, 0.25) is 0 Å². The molecule has 1 amide bonds. The van der Waals surface area contributed by atoms with Crippen LogP contribution in [0.5, 0.6) is 0 Å². The summed E-state index contributed by atoms with van der Waals surface area (Å²) in [5.74, 6) is -0.527. The molecule has 0 bridgehead atoms. The van der Waals surface area contributed by atoms with Gasteiger partial charge in [0.25, 0.3) is 0 Å². The van der Waals surface area contributed by atoms with Crippen molar-refractivity contribution in [3.05, 3.63) is 34.1 Å². The zero-order valence-corrected chi connectivity index (χ0v) is 11.3. The van der Waals surface area contributed by atoms with Gasteiger partial charge in [-0.1, -0.05) is 15.9 Å². The Morgan fingerprint density at radius 2 is 2.28 bits per heavy atom. The summed E-state index contributed by atoms with van der Waals surface area (Å²) in [4.78, 5) is 11.9. The highest BCUT2D eigenvalue weighted by molar-refractivity contribution is 9.10. The van der Waals surface area contributed by atoms with Gasteiger partial charge in [-0.2, -0.15) is 0 Å². The monoisotopic (exact) mass is 316 g/mol. The summed E-state index contributed by atoms with van der Waals surface area (Å²) in [6.07, 6.45) is 0. The van der Waals surface area contributed by atoms with Gasteiger partial charge in [0.1, 0.15) is 11.2 Å². The van der Waals surface area contributed by atoms with E-state index in [0.717, 1.165) is 4.47 Å². The molecule has 0 unspecified atom stereocenters. The first-order chi connectivity index (χ1) is 8.57. The molecule has 1 aliphatic heterocycles. The van der Waals surface area contributed by atoms with Crippen LogP contribution in [-0.2, 0) is 16.1 Å². The van der Waals surface area contributed by atoms with E-state index in [4.69, 9.17) is 10.5 Å². The van der Waals surface area contributed by atoms with Crippen molar-refractivity contribution in [3.8, 4) is 0 Å². The Kier molecular flexibility index (Phi) is 3.99. The molecule has 1 fully saturated rings. The molecular weight excluding hydrogens is 303 g/mol. The molecule has 2 rings (SSSR count). The van der Waals surface area contributed by atoms with Gasteiger partial charge >= 0.3 is 0 Å². The highest BCUT2D eigenvalue weighted by atomic mass is 79.9. The lowest BCUT2D eigenvalue weighted by atomic mass is 9.85. The molecule has 3 N–H and O–H groups in total. The third-order valence-electron chi connectivity index (χ3n) is 3.08. The van der Waals surface area contributed by atoms with E-state index in [9.17, 15) is 9.18 Å². The van der Waals surface area contributed by atoms with Crippen molar-refractivity contribution in [1.82, 2.24) is 5.32 Å². The fraction of sp³-hybridized carbons (Fsp3) is 0.417. The Labute approximate surface area is 113 Å². The van der Waals surface area contributed by atoms with Crippen LogP contribution in [0, 0.1) is 11.2 Å². The first-order valence-corrected chi connectivity index (χ1v) is 6.37. The second-order valence-corrected chi connectivity index (χ2v) is 5.31. The van der Waals surface area contributed by atoms with Crippen molar-refractivity contribution in [2.24, 2.45) is 11.1 Å². The van der Waals surface area contributed by atoms with Gasteiger partial charge in [-0.15, -0.1) is 0 Å². The summed E-state index contributed by atoms with van der Waals surface area (Å²) in [5.41, 5.74) is 5.37. The summed E-state index contributed by atoms with van der Waals surface area (Å²) in [6.45, 7) is 1.04. The van der Waals surface area contributed by atoms with Gasteiger partial charge in [-0.05, 0) is 18.2 Å². The maximum Gasteiger partial charge on any atom is 0.232 e. The van der Waals surface area contributed by atoms with E-state index in [0.29, 0.717) is 18.8 Å². The average Bonchev–Trinajstić information content (AvgIpc) is 2.29. The third kappa shape index (κ3) is 2.55. The average molecular weight is 317 g/mol. The van der Waals surface area contributed by atoms with Crippen molar-refractivity contribution in [3.63, 3.8) is 0 Å². The SMILES string of the molecule is NCC1(C(=O)NCc2cc(Br)ccc2F)COC1. The minimum atomic E-state index is -0.636. The lowest BCUT2D eigenvalue weighted by Crippen LogP contribution is -2.58. The number of nitrogens with one attached hydrogen (secondary N) is 1. The maximum atomic E-state index is 13.5. The van der Waals surface area contributed by atoms with E-state index in [1.165, 1.54) is 6.07 Å². The maximum absolute atomic E-state index is 13.5. The van der Waals surface area contributed by atoms with Crippen LogP contribution in [0.1, 0.15) is 5.56 Å². The van der Waals surface area contributed by atoms with E-state index >= 15 is 0 Å². The third-order valence-corrected chi connectivity index (χ3v) is 3.57. The molecule has 0 radical (unpaired) electrons. The van der Waals surface area contributed by atoms with Gasteiger partial charge in [0.05, 0.1) is 13.2 Å². The fourth-order valence-electron chi connectivity index (χ4n) is 1.73. The molecule has 0 spiro atoms. The molecular formula is C12H14BrFN2O2. The van der Waals surface area contributed by atoms with E-state index in [1.807, 2.05) is 0 Å². The smallest absolute Gasteiger partial charge is 0.232 e. The van der Waals surface area contributed by atoms with Crippen molar-refractivity contribution in [2.75, 3.05) is 19.8 Å². The molecule has 6 heteroatoms. The van der Waals surface area contributed by atoms with Crippen molar-refractivity contribution >= 4 is 21.8 Å². The van der Waals surface area contributed by atoms with Gasteiger partial charge in [-0.3, -0.25) is 4.79 Å². The molecule has 1 aromatic carbocycles. The number of carbonyl (C=O) groups is 1. The first-order valence-electron chi connectivity index (χ1n) is 5.57. The predicted molar refractivity (Wildman–Crippen MR) is 68.3 cm³/mol. The number of hydrogen-bond acceptors (Lipinski definition) is 3. The number of amides is 1. The quantitative estimate of drug-likeness (QED) is 0.876. The summed E-state index contributed by atoms with van der Waals surface area (Å²) in [6, 6.07) is 4.61. The van der Waals surface area contributed by atoms with E-state index in [2.05, 4.69) is 21.2 Å². The predicted octanol–water partition coefficient (Wildman–Crippen LogP) is 1.18. The van der Waals surface area contributed by atoms with Crippen LogP contribution < -0.4 is 11.1 Å². The molecule has 1 saturated heterocycles. The Balaban J connectivity index is 1.99. The number of ether oxygens (including phenoxy) is 1. The van der Waals surface area contributed by atoms with Crippen LogP contribution in [0.15, 0.2) is 22.7 Å². The Morgan fingerprint density at radius 3 is 2.83 bits per heavy atom. The van der Waals surface area contributed by atoms with Gasteiger partial charge < -0.3 is 15.8 Å². The molecule has 0 saturated carbocycles. The number of carbonyl (C=O) groups excluding carboxylic acids is 1. The zero-order valence-electron chi connectivity index (χ0n) is 9.71. The molecule has 1 heterocycles. The highest BCUT2D eigenvalue weighted by Crippen LogP contribution is 2.26. The molecule has 4 nitrogen and oxygen atoms in total. The number of hydrogen-bond donors (Lipinski definition) is 2. The van der Waals surface area contributed by atoms with Crippen LogP contribution in [0.25, 0.3) is 0 Å². The summed E-state index contributed by atoms with van der Waals surface area (Å²) in [5, 5.41) is 2.70. The largest absolute Gasteiger partial charge is 0.379 e. The number of nitrogens with two attached hydrogens (primary N) is 1. The molecule has 0 atom stereocenters. The molecule has 1 aliphatic rings. The number of rotatable bonds is 4. The Morgan fingerprint density at radius 1 is 1.56 bits per heavy atom. The van der Waals surface area contributed by atoms with E-state index in [-0.39, 0.29) is 24.8 Å². The topological polar surface area (TPSA) is 64.4 Å². The van der Waals surface area contributed by atoms with Crippen LogP contribution in [-0.4, -0.2) is 25.7 Å². The number of halogens is 2. The van der Waals surface area contributed by atoms with Crippen LogP contribution in [0.3, 0.4) is 0 Å². The summed E-state index contributed by atoms with van der Waals surface area (Å²) < 4.78 is 19.3. The summed E-state index contributed by atoms with van der Waals surface area (Å²) in [7, 11) is 0. The normalized spacial score (nSPS) is 17.1. The van der Waals surface area contributed by atoms with Crippen molar-refractivity contribution < 1.29 is 13.9 Å². The van der Waals surface area contributed by atoms with Crippen molar-refractivity contribution in [1.29, 1.82) is 0 Å². The molecule has 1 aromatic rings. The molecule has 0 aromatic heterocycles. The second-order valence-electron chi connectivity index (χ2n) is 4.40. The zero-order chi connectivity index (χ0) is 13.2. The van der Waals surface area contributed by atoms with E-state index in [1.54, 1.807) is 12.1 Å². The lowest BCUT2D eigenvalue weighted by Gasteiger charge is -2.38. The van der Waals surface area contributed by atoms with Gasteiger partial charge in [-0.25, -0.2) is 4.39 Å². The first kappa shape index (κ1) is 13.5. The Hall–Kier alpha value is -0.980. The fourth-order valence-corrected chi connectivity index (χ4v) is 2.14. The van der Waals surface area contributed by atoms with Crippen molar-refractivity contribution in [2.45, 2.75) is 6.54 Å². The van der Waals surface area contributed by atoms with Crippen LogP contribution >= 0.6 is 15.9 Å². The lowest BCUT2D eigenvalue weighted by molar-refractivity contribution is -0.159. The molecule has 18 heavy (non-hydrogen) atoms.